The lowest BCUT2D eigenvalue weighted by molar-refractivity contribution is -0.135. The zero-order chi connectivity index (χ0) is 14.6. The number of nitrogens with zero attached hydrogens (tertiary/aromatic N) is 2. The van der Waals surface area contributed by atoms with Crippen molar-refractivity contribution in [3.8, 4) is 0 Å². The lowest BCUT2D eigenvalue weighted by Gasteiger charge is -2.29. The van der Waals surface area contributed by atoms with Crippen LogP contribution in [0.3, 0.4) is 0 Å². The number of carbonyl (C=O) groups excluding carboxylic acids is 1. The van der Waals surface area contributed by atoms with Crippen molar-refractivity contribution >= 4 is 29.3 Å². The van der Waals surface area contributed by atoms with Crippen LogP contribution in [0.1, 0.15) is 13.8 Å². The molecule has 0 fully saturated rings. The third-order valence-corrected chi connectivity index (χ3v) is 2.99. The first-order valence-corrected chi connectivity index (χ1v) is 6.22. The van der Waals surface area contributed by atoms with Crippen LogP contribution in [-0.2, 0) is 4.79 Å². The van der Waals surface area contributed by atoms with Crippen molar-refractivity contribution in [2.45, 2.75) is 19.9 Å². The maximum atomic E-state index is 12.3. The first-order chi connectivity index (χ1) is 8.82. The summed E-state index contributed by atoms with van der Waals surface area (Å²) in [6, 6.07) is 6.10. The van der Waals surface area contributed by atoms with Gasteiger partial charge >= 0.3 is 12.0 Å². The minimum atomic E-state index is -1.07. The van der Waals surface area contributed by atoms with Gasteiger partial charge in [-0.3, -0.25) is 9.69 Å². The lowest BCUT2D eigenvalue weighted by atomic mass is 10.3. The molecule has 1 aromatic rings. The quantitative estimate of drug-likeness (QED) is 0.925. The van der Waals surface area contributed by atoms with E-state index in [1.807, 2.05) is 13.8 Å². The number of aliphatic carboxylic acids is 1. The Balaban J connectivity index is 3.04. The molecule has 0 unspecified atom stereocenters. The van der Waals surface area contributed by atoms with Gasteiger partial charge in [0.05, 0.1) is 0 Å². The van der Waals surface area contributed by atoms with Crippen molar-refractivity contribution in [2.24, 2.45) is 0 Å². The topological polar surface area (TPSA) is 60.9 Å². The van der Waals surface area contributed by atoms with E-state index in [-0.39, 0.29) is 12.1 Å². The maximum Gasteiger partial charge on any atom is 0.324 e. The van der Waals surface area contributed by atoms with E-state index >= 15 is 0 Å². The second kappa shape index (κ2) is 6.43. The Hall–Kier alpha value is -1.75. The third kappa shape index (κ3) is 4.13. The highest BCUT2D eigenvalue weighted by molar-refractivity contribution is 6.30. The number of anilines is 1. The number of benzene rings is 1. The number of carboxylic acids is 1. The summed E-state index contributed by atoms with van der Waals surface area (Å²) in [4.78, 5) is 25.9. The summed E-state index contributed by atoms with van der Waals surface area (Å²) in [6.45, 7) is 3.33. The predicted octanol–water partition coefficient (Wildman–Crippen LogP) is 2.69. The van der Waals surface area contributed by atoms with Crippen LogP contribution >= 0.6 is 11.6 Å². The largest absolute Gasteiger partial charge is 0.480 e. The number of carbonyl (C=O) groups is 2. The normalized spacial score (nSPS) is 10.4. The minimum Gasteiger partial charge on any atom is -0.480 e. The van der Waals surface area contributed by atoms with Gasteiger partial charge in [0.1, 0.15) is 6.54 Å². The summed E-state index contributed by atoms with van der Waals surface area (Å²) in [5.41, 5.74) is 0.504. The summed E-state index contributed by atoms with van der Waals surface area (Å²) in [7, 11) is 1.64. The maximum absolute atomic E-state index is 12.3. The Morgan fingerprint density at radius 1 is 1.26 bits per heavy atom. The molecule has 0 saturated carbocycles. The summed E-state index contributed by atoms with van der Waals surface area (Å²) in [5, 5.41) is 9.46. The molecule has 0 heterocycles. The van der Waals surface area contributed by atoms with Crippen LogP contribution in [0.15, 0.2) is 24.3 Å². The monoisotopic (exact) mass is 284 g/mol. The van der Waals surface area contributed by atoms with Gasteiger partial charge in [0, 0.05) is 23.8 Å². The number of amides is 2. The van der Waals surface area contributed by atoms with Crippen molar-refractivity contribution in [3.63, 3.8) is 0 Å². The zero-order valence-electron chi connectivity index (χ0n) is 11.1. The smallest absolute Gasteiger partial charge is 0.324 e. The van der Waals surface area contributed by atoms with Crippen molar-refractivity contribution in [3.05, 3.63) is 29.3 Å². The molecule has 0 saturated heterocycles. The molecular formula is C13H17ClN2O3. The molecule has 0 atom stereocenters. The van der Waals surface area contributed by atoms with Gasteiger partial charge in [-0.1, -0.05) is 11.6 Å². The molecule has 2 amide bonds. The molecule has 0 spiro atoms. The standard InChI is InChI=1S/C13H17ClN2O3/c1-9(2)15(3)13(19)16(8-12(17)18)11-6-4-10(14)5-7-11/h4-7,9H,8H2,1-3H3,(H,17,18). The van der Waals surface area contributed by atoms with Gasteiger partial charge in [-0.25, -0.2) is 4.79 Å². The fourth-order valence-electron chi connectivity index (χ4n) is 1.44. The highest BCUT2D eigenvalue weighted by Crippen LogP contribution is 2.19. The number of hydrogen-bond donors (Lipinski definition) is 1. The Bertz CT molecular complexity index is 459. The molecule has 1 N–H and O–H groups in total. The van der Waals surface area contributed by atoms with Gasteiger partial charge in [0.2, 0.25) is 0 Å². The van der Waals surface area contributed by atoms with Crippen molar-refractivity contribution in [1.82, 2.24) is 4.90 Å². The SMILES string of the molecule is CC(C)N(C)C(=O)N(CC(=O)O)c1ccc(Cl)cc1. The van der Waals surface area contributed by atoms with Crippen LogP contribution in [0.5, 0.6) is 0 Å². The third-order valence-electron chi connectivity index (χ3n) is 2.74. The van der Waals surface area contributed by atoms with E-state index in [9.17, 15) is 9.59 Å². The minimum absolute atomic E-state index is 0.0175. The number of halogens is 1. The van der Waals surface area contributed by atoms with E-state index in [4.69, 9.17) is 16.7 Å². The molecule has 1 rings (SSSR count). The van der Waals surface area contributed by atoms with Crippen LogP contribution in [0.4, 0.5) is 10.5 Å². The Morgan fingerprint density at radius 3 is 2.21 bits per heavy atom. The molecule has 0 aliphatic rings. The van der Waals surface area contributed by atoms with E-state index < -0.39 is 12.5 Å². The van der Waals surface area contributed by atoms with E-state index in [1.165, 1.54) is 9.80 Å². The van der Waals surface area contributed by atoms with E-state index in [0.717, 1.165) is 0 Å². The molecule has 104 valence electrons. The van der Waals surface area contributed by atoms with Gasteiger partial charge in [-0.05, 0) is 38.1 Å². The van der Waals surface area contributed by atoms with Gasteiger partial charge in [-0.2, -0.15) is 0 Å². The Labute approximate surface area is 117 Å². The Morgan fingerprint density at radius 2 is 1.79 bits per heavy atom. The molecule has 1 aromatic carbocycles. The van der Waals surface area contributed by atoms with Crippen LogP contribution in [0.2, 0.25) is 5.02 Å². The van der Waals surface area contributed by atoms with Gasteiger partial charge in [-0.15, -0.1) is 0 Å². The average Bonchev–Trinajstić information content (AvgIpc) is 2.35. The molecular weight excluding hydrogens is 268 g/mol. The number of carboxylic acid groups (broad SMARTS) is 1. The van der Waals surface area contributed by atoms with Gasteiger partial charge in [0.25, 0.3) is 0 Å². The summed E-state index contributed by atoms with van der Waals surface area (Å²) in [5.74, 6) is -1.07. The van der Waals surface area contributed by atoms with Crippen LogP contribution in [0.25, 0.3) is 0 Å². The van der Waals surface area contributed by atoms with Crippen molar-refractivity contribution in [1.29, 1.82) is 0 Å². The van der Waals surface area contributed by atoms with E-state index in [1.54, 1.807) is 31.3 Å². The first kappa shape index (κ1) is 15.3. The first-order valence-electron chi connectivity index (χ1n) is 5.84. The summed E-state index contributed by atoms with van der Waals surface area (Å²) in [6.07, 6.45) is 0. The van der Waals surface area contributed by atoms with E-state index in [0.29, 0.717) is 10.7 Å². The zero-order valence-corrected chi connectivity index (χ0v) is 11.9. The molecule has 19 heavy (non-hydrogen) atoms. The fourth-order valence-corrected chi connectivity index (χ4v) is 1.56. The van der Waals surface area contributed by atoms with Crippen molar-refractivity contribution < 1.29 is 14.7 Å². The highest BCUT2D eigenvalue weighted by atomic mass is 35.5. The predicted molar refractivity (Wildman–Crippen MR) is 74.7 cm³/mol. The molecule has 0 aliphatic heterocycles. The molecule has 0 radical (unpaired) electrons. The number of rotatable bonds is 4. The molecule has 0 aliphatic carbocycles. The van der Waals surface area contributed by atoms with E-state index in [2.05, 4.69) is 0 Å². The summed E-state index contributed by atoms with van der Waals surface area (Å²) >= 11 is 5.78. The highest BCUT2D eigenvalue weighted by Gasteiger charge is 2.23. The molecule has 6 heteroatoms. The Kier molecular flexibility index (Phi) is 5.18. The molecule has 0 bridgehead atoms. The van der Waals surface area contributed by atoms with Crippen molar-refractivity contribution in [2.75, 3.05) is 18.5 Å². The van der Waals surface area contributed by atoms with Gasteiger partial charge in [0.15, 0.2) is 0 Å². The summed E-state index contributed by atoms with van der Waals surface area (Å²) < 4.78 is 0. The molecule has 5 nitrogen and oxygen atoms in total. The van der Waals surface area contributed by atoms with Crippen LogP contribution in [0, 0.1) is 0 Å². The van der Waals surface area contributed by atoms with Crippen LogP contribution < -0.4 is 4.90 Å². The molecule has 0 aromatic heterocycles. The second-order valence-electron chi connectivity index (χ2n) is 4.44. The fraction of sp³-hybridized carbons (Fsp3) is 0.385. The second-order valence-corrected chi connectivity index (χ2v) is 4.88. The van der Waals surface area contributed by atoms with Crippen LogP contribution in [-0.4, -0.2) is 41.6 Å². The number of hydrogen-bond acceptors (Lipinski definition) is 2. The number of urea groups is 1. The lowest BCUT2D eigenvalue weighted by Crippen LogP contribution is -2.46. The van der Waals surface area contributed by atoms with Gasteiger partial charge < -0.3 is 10.0 Å². The average molecular weight is 285 g/mol.